The Kier molecular flexibility index (Phi) is 7.82. The van der Waals surface area contributed by atoms with E-state index in [1.54, 1.807) is 25.6 Å². The van der Waals surface area contributed by atoms with Crippen LogP contribution in [0.3, 0.4) is 0 Å². The van der Waals surface area contributed by atoms with Crippen LogP contribution in [0.1, 0.15) is 52.9 Å². The molecule has 7 heteroatoms. The largest absolute Gasteiger partial charge is 0.384 e. The quantitative estimate of drug-likeness (QED) is 0.545. The summed E-state index contributed by atoms with van der Waals surface area (Å²) in [6, 6.07) is 14.4. The summed E-state index contributed by atoms with van der Waals surface area (Å²) < 4.78 is 27.3. The number of anilines is 1. The maximum absolute atomic E-state index is 12.6. The van der Waals surface area contributed by atoms with Crippen LogP contribution < -0.4 is 10.0 Å². The fourth-order valence-corrected chi connectivity index (χ4v) is 5.62. The maximum atomic E-state index is 12.6. The fraction of sp³-hybridized carbons (Fsp3) is 0.522. The van der Waals surface area contributed by atoms with Crippen LogP contribution in [-0.4, -0.2) is 30.7 Å². The second-order valence-corrected chi connectivity index (χ2v) is 12.1. The van der Waals surface area contributed by atoms with Gasteiger partial charge in [0, 0.05) is 17.5 Å². The lowest BCUT2D eigenvalue weighted by atomic mass is 9.86. The summed E-state index contributed by atoms with van der Waals surface area (Å²) in [6.07, 6.45) is 6.35. The highest BCUT2D eigenvalue weighted by atomic mass is 32.2. The standard InChI is InChI=1S/C23H33N3O2S2/c1-4-23(2,3)30(27,28)26-19-12-10-18(11-13-19)16-24-20-14-15-22(25-17-20)29-21-8-6-5-7-9-21/h5-9,14-15,17-19,24,26H,4,10-13,16H2,1-3H3. The van der Waals surface area contributed by atoms with Gasteiger partial charge in [0.05, 0.1) is 16.6 Å². The molecule has 5 nitrogen and oxygen atoms in total. The highest BCUT2D eigenvalue weighted by Crippen LogP contribution is 2.29. The van der Waals surface area contributed by atoms with E-state index in [0.29, 0.717) is 12.3 Å². The molecule has 1 aromatic carbocycles. The van der Waals surface area contributed by atoms with Crippen molar-refractivity contribution in [2.24, 2.45) is 5.92 Å². The fourth-order valence-electron chi connectivity index (χ4n) is 3.47. The van der Waals surface area contributed by atoms with Crippen LogP contribution in [0.4, 0.5) is 5.69 Å². The first kappa shape index (κ1) is 23.1. The van der Waals surface area contributed by atoms with Gasteiger partial charge in [-0.2, -0.15) is 0 Å². The van der Waals surface area contributed by atoms with E-state index in [9.17, 15) is 8.42 Å². The summed E-state index contributed by atoms with van der Waals surface area (Å²) in [4.78, 5) is 5.73. The summed E-state index contributed by atoms with van der Waals surface area (Å²) in [7, 11) is -3.28. The van der Waals surface area contributed by atoms with Crippen LogP contribution >= 0.6 is 11.8 Å². The average Bonchev–Trinajstić information content (AvgIpc) is 2.74. The molecule has 1 aliphatic rings. The maximum Gasteiger partial charge on any atom is 0.217 e. The number of rotatable bonds is 9. The molecule has 0 spiro atoms. The third kappa shape index (κ3) is 6.22. The molecule has 2 aromatic rings. The molecule has 164 valence electrons. The SMILES string of the molecule is CCC(C)(C)S(=O)(=O)NC1CCC(CNc2ccc(Sc3ccccc3)nc2)CC1. The van der Waals surface area contributed by atoms with E-state index in [1.165, 1.54) is 4.90 Å². The summed E-state index contributed by atoms with van der Waals surface area (Å²) in [6.45, 7) is 6.40. The van der Waals surface area contributed by atoms with Crippen molar-refractivity contribution in [1.82, 2.24) is 9.71 Å². The smallest absolute Gasteiger partial charge is 0.217 e. The Hall–Kier alpha value is -1.57. The Morgan fingerprint density at radius 1 is 1.07 bits per heavy atom. The van der Waals surface area contributed by atoms with Gasteiger partial charge in [-0.3, -0.25) is 0 Å². The number of nitrogens with one attached hydrogen (secondary N) is 2. The van der Waals surface area contributed by atoms with Gasteiger partial charge in [0.15, 0.2) is 0 Å². The van der Waals surface area contributed by atoms with Gasteiger partial charge >= 0.3 is 0 Å². The lowest BCUT2D eigenvalue weighted by molar-refractivity contribution is 0.322. The molecule has 1 heterocycles. The predicted octanol–water partition coefficient (Wildman–Crippen LogP) is 5.31. The van der Waals surface area contributed by atoms with E-state index in [-0.39, 0.29) is 6.04 Å². The van der Waals surface area contributed by atoms with E-state index in [0.717, 1.165) is 42.9 Å². The van der Waals surface area contributed by atoms with E-state index in [4.69, 9.17) is 0 Å². The number of hydrogen-bond acceptors (Lipinski definition) is 5. The summed E-state index contributed by atoms with van der Waals surface area (Å²) in [5, 5.41) is 4.47. The van der Waals surface area contributed by atoms with Crippen molar-refractivity contribution >= 4 is 27.5 Å². The molecule has 0 bridgehead atoms. The lowest BCUT2D eigenvalue weighted by Crippen LogP contribution is -2.47. The molecule has 1 aromatic heterocycles. The number of nitrogens with zero attached hydrogens (tertiary/aromatic N) is 1. The second-order valence-electron chi connectivity index (χ2n) is 8.63. The van der Waals surface area contributed by atoms with E-state index in [1.807, 2.05) is 37.4 Å². The van der Waals surface area contributed by atoms with Crippen LogP contribution in [0.5, 0.6) is 0 Å². The van der Waals surface area contributed by atoms with Crippen LogP contribution in [-0.2, 0) is 10.0 Å². The lowest BCUT2D eigenvalue weighted by Gasteiger charge is -2.32. The van der Waals surface area contributed by atoms with E-state index < -0.39 is 14.8 Å². The van der Waals surface area contributed by atoms with Gasteiger partial charge in [-0.05, 0) is 76.1 Å². The first-order valence-corrected chi connectivity index (χ1v) is 13.0. The Morgan fingerprint density at radius 2 is 1.77 bits per heavy atom. The molecule has 2 N–H and O–H groups in total. The minimum atomic E-state index is -3.28. The van der Waals surface area contributed by atoms with E-state index >= 15 is 0 Å². The van der Waals surface area contributed by atoms with Gasteiger partial charge < -0.3 is 5.32 Å². The Bertz CT molecular complexity index is 892. The number of sulfonamides is 1. The molecule has 0 radical (unpaired) electrons. The number of aromatic nitrogens is 1. The van der Waals surface area contributed by atoms with Gasteiger partial charge in [0.2, 0.25) is 10.0 Å². The Balaban J connectivity index is 1.42. The molecule has 0 amide bonds. The molecule has 1 aliphatic carbocycles. The molecule has 0 saturated heterocycles. The van der Waals surface area contributed by atoms with Crippen molar-refractivity contribution in [2.75, 3.05) is 11.9 Å². The molecule has 0 unspecified atom stereocenters. The monoisotopic (exact) mass is 447 g/mol. The zero-order valence-corrected chi connectivity index (χ0v) is 19.7. The summed E-state index contributed by atoms with van der Waals surface area (Å²) >= 11 is 1.66. The zero-order valence-electron chi connectivity index (χ0n) is 18.1. The third-order valence-corrected chi connectivity index (χ3v) is 9.39. The van der Waals surface area contributed by atoms with Gasteiger partial charge in [-0.25, -0.2) is 18.1 Å². The first-order valence-electron chi connectivity index (χ1n) is 10.7. The van der Waals surface area contributed by atoms with Crippen molar-refractivity contribution in [3.63, 3.8) is 0 Å². The minimum Gasteiger partial charge on any atom is -0.384 e. The number of hydrogen-bond donors (Lipinski definition) is 2. The number of pyridine rings is 1. The van der Waals surface area contributed by atoms with Crippen LogP contribution in [0, 0.1) is 5.92 Å². The average molecular weight is 448 g/mol. The second kappa shape index (κ2) is 10.2. The van der Waals surface area contributed by atoms with Crippen molar-refractivity contribution in [3.8, 4) is 0 Å². The Labute approximate surface area is 185 Å². The number of benzene rings is 1. The predicted molar refractivity (Wildman–Crippen MR) is 125 cm³/mol. The highest BCUT2D eigenvalue weighted by molar-refractivity contribution is 7.99. The van der Waals surface area contributed by atoms with Crippen molar-refractivity contribution in [3.05, 3.63) is 48.7 Å². The minimum absolute atomic E-state index is 0.0630. The molecule has 1 saturated carbocycles. The van der Waals surface area contributed by atoms with Crippen LogP contribution in [0.2, 0.25) is 0 Å². The van der Waals surface area contributed by atoms with Crippen molar-refractivity contribution in [2.45, 2.75) is 73.6 Å². The molecule has 1 fully saturated rings. The zero-order chi connectivity index (χ0) is 21.6. The van der Waals surface area contributed by atoms with Crippen molar-refractivity contribution in [1.29, 1.82) is 0 Å². The van der Waals surface area contributed by atoms with Crippen molar-refractivity contribution < 1.29 is 8.42 Å². The molecular weight excluding hydrogens is 414 g/mol. The van der Waals surface area contributed by atoms with Gasteiger partial charge in [0.1, 0.15) is 5.03 Å². The molecule has 0 atom stereocenters. The topological polar surface area (TPSA) is 71.1 Å². The third-order valence-electron chi connectivity index (χ3n) is 6.04. The highest BCUT2D eigenvalue weighted by Gasteiger charge is 2.35. The Morgan fingerprint density at radius 3 is 2.37 bits per heavy atom. The molecular formula is C23H33N3O2S2. The molecule has 3 rings (SSSR count). The summed E-state index contributed by atoms with van der Waals surface area (Å²) in [5.41, 5.74) is 1.03. The molecule has 30 heavy (non-hydrogen) atoms. The van der Waals surface area contributed by atoms with Gasteiger partial charge in [-0.1, -0.05) is 36.9 Å². The normalized spacial score (nSPS) is 20.1. The van der Waals surface area contributed by atoms with Gasteiger partial charge in [-0.15, -0.1) is 0 Å². The van der Waals surface area contributed by atoms with Crippen LogP contribution in [0.25, 0.3) is 0 Å². The van der Waals surface area contributed by atoms with Gasteiger partial charge in [0.25, 0.3) is 0 Å². The summed E-state index contributed by atoms with van der Waals surface area (Å²) in [5.74, 6) is 0.559. The van der Waals surface area contributed by atoms with Crippen LogP contribution in [0.15, 0.2) is 58.6 Å². The first-order chi connectivity index (χ1) is 14.3. The molecule has 0 aliphatic heterocycles. The van der Waals surface area contributed by atoms with E-state index in [2.05, 4.69) is 33.2 Å².